The number of carboxylic acids is 1. The molecule has 4 heterocycles. The number of thioether (sulfide) groups is 1. The number of carbonyl (C=O) groups is 3. The molecule has 2 amide bonds. The Morgan fingerprint density at radius 2 is 1.95 bits per heavy atom. The topological polar surface area (TPSA) is 188 Å². The Morgan fingerprint density at radius 3 is 2.50 bits per heavy atom. The first-order valence-electron chi connectivity index (χ1n) is 11.4. The molecule has 1 fully saturated rings. The van der Waals surface area contributed by atoms with E-state index in [4.69, 9.17) is 10.6 Å². The summed E-state index contributed by atoms with van der Waals surface area (Å²) in [5.74, 6) is -2.50. The van der Waals surface area contributed by atoms with Crippen LogP contribution in [-0.4, -0.2) is 91.1 Å². The van der Waals surface area contributed by atoms with Crippen molar-refractivity contribution in [2.75, 3.05) is 32.2 Å². The van der Waals surface area contributed by atoms with Crippen molar-refractivity contribution < 1.29 is 39.0 Å². The maximum atomic E-state index is 13.1. The molecule has 0 bridgehead atoms. The lowest BCUT2D eigenvalue weighted by Crippen LogP contribution is -2.71. The van der Waals surface area contributed by atoms with Crippen LogP contribution in [0.2, 0.25) is 0 Å². The molecule has 200 valence electrons. The smallest absolute Gasteiger partial charge is 0.352 e. The molecule has 13 nitrogen and oxygen atoms in total. The number of oxime groups is 1. The normalized spacial score (nSPS) is 22.0. The number of nitrogen functional groups attached to an aromatic ring is 1. The summed E-state index contributed by atoms with van der Waals surface area (Å²) in [5.41, 5.74) is 7.97. The number of hydrogen-bond donors (Lipinski definition) is 5. The van der Waals surface area contributed by atoms with Gasteiger partial charge in [-0.3, -0.25) is 14.5 Å². The van der Waals surface area contributed by atoms with Crippen molar-refractivity contribution >= 4 is 51.7 Å². The third-order valence-electron chi connectivity index (χ3n) is 6.67. The van der Waals surface area contributed by atoms with Crippen LogP contribution < -0.4 is 11.1 Å². The van der Waals surface area contributed by atoms with Crippen molar-refractivity contribution in [3.63, 3.8) is 0 Å². The summed E-state index contributed by atoms with van der Waals surface area (Å²) in [6.07, 6.45) is 0. The monoisotopic (exact) mass is 561 g/mol. The van der Waals surface area contributed by atoms with E-state index in [0.717, 1.165) is 22.5 Å². The summed E-state index contributed by atoms with van der Waals surface area (Å²) in [5, 5.41) is 37.3. The molecule has 0 saturated carbocycles. The van der Waals surface area contributed by atoms with Crippen LogP contribution in [0.25, 0.3) is 0 Å². The Morgan fingerprint density at radius 1 is 1.29 bits per heavy atom. The number of nitrogens with two attached hydrogens (primary N) is 1. The summed E-state index contributed by atoms with van der Waals surface area (Å²) >= 11 is 2.49. The van der Waals surface area contributed by atoms with Crippen LogP contribution in [0.4, 0.5) is 5.13 Å². The minimum absolute atomic E-state index is 0.0803. The molecule has 1 aromatic heterocycles. The van der Waals surface area contributed by atoms with Crippen LogP contribution in [0.15, 0.2) is 33.9 Å². The average Bonchev–Trinajstić information content (AvgIpc) is 3.42. The third kappa shape index (κ3) is 4.41. The van der Waals surface area contributed by atoms with Crippen molar-refractivity contribution in [1.82, 2.24) is 15.2 Å². The fourth-order valence-electron chi connectivity index (χ4n) is 5.12. The summed E-state index contributed by atoms with van der Waals surface area (Å²) < 4.78 is 0.422. The first-order valence-corrected chi connectivity index (χ1v) is 13.3. The fraction of sp³-hybridized carbons (Fsp3) is 0.348. The van der Waals surface area contributed by atoms with Crippen molar-refractivity contribution in [3.8, 4) is 11.5 Å². The lowest BCUT2D eigenvalue weighted by atomic mass is 10.0. The zero-order chi connectivity index (χ0) is 27.4. The molecule has 5 rings (SSSR count). The van der Waals surface area contributed by atoms with Gasteiger partial charge in [-0.2, -0.15) is 0 Å². The number of rotatable bonds is 7. The number of carbonyl (C=O) groups excluding carboxylic acids is 2. The minimum Gasteiger partial charge on any atom is -0.504 e. The van der Waals surface area contributed by atoms with Gasteiger partial charge in [-0.15, -0.1) is 23.1 Å². The first-order chi connectivity index (χ1) is 18.0. The maximum Gasteiger partial charge on any atom is 0.352 e. The van der Waals surface area contributed by atoms with E-state index < -0.39 is 29.2 Å². The number of thiazole rings is 1. The number of nitrogens with one attached hydrogen (secondary N) is 1. The number of quaternary nitrogens is 1. The maximum absolute atomic E-state index is 13.1. The third-order valence-corrected chi connectivity index (χ3v) is 8.69. The predicted molar refractivity (Wildman–Crippen MR) is 138 cm³/mol. The van der Waals surface area contributed by atoms with Crippen molar-refractivity contribution in [3.05, 3.63) is 45.6 Å². The number of carboxylic acid groups (broad SMARTS) is 1. The SMILES string of the molecule is CO/N=C(\C(=O)NC1C(=O)N2C(C(=O)O)=C(C[N+]3(C)Cc4cc(O)c(O)cc4C3)CS[C@H]12)c1csc(N)n1. The van der Waals surface area contributed by atoms with E-state index >= 15 is 0 Å². The van der Waals surface area contributed by atoms with E-state index in [0.29, 0.717) is 35.4 Å². The average molecular weight is 562 g/mol. The molecule has 3 aliphatic rings. The van der Waals surface area contributed by atoms with Crippen LogP contribution >= 0.6 is 23.1 Å². The number of aromatic hydroxyl groups is 2. The van der Waals surface area contributed by atoms with E-state index in [1.54, 1.807) is 0 Å². The highest BCUT2D eigenvalue weighted by Crippen LogP contribution is 2.43. The molecule has 1 aromatic carbocycles. The number of aliphatic carboxylic acids is 1. The fourth-order valence-corrected chi connectivity index (χ4v) is 7.00. The summed E-state index contributed by atoms with van der Waals surface area (Å²) in [4.78, 5) is 48.4. The van der Waals surface area contributed by atoms with Gasteiger partial charge >= 0.3 is 5.97 Å². The van der Waals surface area contributed by atoms with Crippen LogP contribution in [0.3, 0.4) is 0 Å². The standard InChI is InChI=1S/C23H24N6O7S2/c1-29(5-10-3-14(30)15(31)4-11(10)6-29)7-12-8-37-21-17(20(33)28(21)18(12)22(34)35)26-19(32)16(27-36-2)13-9-38-23(24)25-13/h3-4,9,17,21H,5-8H2,1-2H3,(H5-,24,25,26,27,30,31,32,34,35)/p+1/t17?,21-/m1/s1. The van der Waals surface area contributed by atoms with Gasteiger partial charge in [0, 0.05) is 27.8 Å². The Balaban J connectivity index is 1.34. The van der Waals surface area contributed by atoms with E-state index in [2.05, 4.69) is 15.5 Å². The van der Waals surface area contributed by atoms with Gasteiger partial charge in [0.1, 0.15) is 49.6 Å². The highest BCUT2D eigenvalue weighted by molar-refractivity contribution is 8.00. The van der Waals surface area contributed by atoms with E-state index in [1.807, 2.05) is 7.05 Å². The Bertz CT molecular complexity index is 1390. The van der Waals surface area contributed by atoms with Crippen molar-refractivity contribution in [1.29, 1.82) is 0 Å². The highest BCUT2D eigenvalue weighted by Gasteiger charge is 2.55. The summed E-state index contributed by atoms with van der Waals surface area (Å²) in [6, 6.07) is 2.10. The van der Waals surface area contributed by atoms with Crippen molar-refractivity contribution in [2.45, 2.75) is 24.5 Å². The second-order valence-corrected chi connectivity index (χ2v) is 11.5. The molecule has 0 aliphatic carbocycles. The van der Waals surface area contributed by atoms with Gasteiger partial charge in [0.2, 0.25) is 0 Å². The largest absolute Gasteiger partial charge is 0.504 e. The Labute approximate surface area is 224 Å². The molecule has 1 saturated heterocycles. The lowest BCUT2D eigenvalue weighted by Gasteiger charge is -2.49. The molecule has 2 aromatic rings. The van der Waals surface area contributed by atoms with Crippen LogP contribution in [0, 0.1) is 0 Å². The van der Waals surface area contributed by atoms with Gasteiger partial charge in [0.25, 0.3) is 11.8 Å². The molecule has 15 heteroatoms. The molecule has 0 spiro atoms. The number of likely N-dealkylation sites (N-methyl/N-ethyl adjacent to an activating group) is 1. The van der Waals surface area contributed by atoms with Gasteiger partial charge in [0.15, 0.2) is 22.3 Å². The number of fused-ring (bicyclic) bond motifs is 2. The number of benzene rings is 1. The van der Waals surface area contributed by atoms with Gasteiger partial charge in [-0.05, 0) is 12.1 Å². The van der Waals surface area contributed by atoms with E-state index in [1.165, 1.54) is 41.3 Å². The van der Waals surface area contributed by atoms with Gasteiger partial charge in [-0.25, -0.2) is 9.78 Å². The summed E-state index contributed by atoms with van der Waals surface area (Å²) in [6.45, 7) is 1.42. The van der Waals surface area contributed by atoms with E-state index in [-0.39, 0.29) is 33.7 Å². The number of phenolic OH excluding ortho intramolecular Hbond substituents is 2. The number of aromatic nitrogens is 1. The molecule has 6 N–H and O–H groups in total. The van der Waals surface area contributed by atoms with Crippen LogP contribution in [0.5, 0.6) is 11.5 Å². The molecule has 2 atom stereocenters. The second kappa shape index (κ2) is 9.49. The number of nitrogens with zero attached hydrogens (tertiary/aromatic N) is 4. The number of amides is 2. The lowest BCUT2D eigenvalue weighted by molar-refractivity contribution is -0.924. The van der Waals surface area contributed by atoms with Gasteiger partial charge < -0.3 is 35.7 Å². The van der Waals surface area contributed by atoms with Crippen molar-refractivity contribution in [2.24, 2.45) is 5.16 Å². The zero-order valence-corrected chi connectivity index (χ0v) is 22.0. The molecule has 3 aliphatic heterocycles. The number of β-lactam (4-membered cyclic amide) rings is 1. The van der Waals surface area contributed by atoms with Crippen LogP contribution in [0.1, 0.15) is 16.8 Å². The zero-order valence-electron chi connectivity index (χ0n) is 20.4. The quantitative estimate of drug-likeness (QED) is 0.104. The second-order valence-electron chi connectivity index (χ2n) is 9.52. The molecule has 0 radical (unpaired) electrons. The highest BCUT2D eigenvalue weighted by atomic mass is 32.2. The number of anilines is 1. The van der Waals surface area contributed by atoms with Gasteiger partial charge in [0.05, 0.1) is 7.05 Å². The molecular weight excluding hydrogens is 536 g/mol. The molecular formula is C23H25N6O7S2+. The van der Waals surface area contributed by atoms with E-state index in [9.17, 15) is 29.7 Å². The number of phenols is 2. The minimum atomic E-state index is -1.22. The predicted octanol–water partition coefficient (Wildman–Crippen LogP) is 0.386. The Kier molecular flexibility index (Phi) is 6.44. The van der Waals surface area contributed by atoms with Gasteiger partial charge in [-0.1, -0.05) is 5.16 Å². The summed E-state index contributed by atoms with van der Waals surface area (Å²) in [7, 11) is 3.23. The Hall–Kier alpha value is -3.82. The molecule has 38 heavy (non-hydrogen) atoms. The van der Waals surface area contributed by atoms with Crippen LogP contribution in [-0.2, 0) is 32.3 Å². The number of hydrogen-bond acceptors (Lipinski definition) is 11. The first kappa shape index (κ1) is 25.8. The molecule has 1 unspecified atom stereocenters.